The number of ketones is 1. The molecule has 2 aromatic rings. The van der Waals surface area contributed by atoms with E-state index in [1.807, 2.05) is 0 Å². The fourth-order valence-electron chi connectivity index (χ4n) is 1.44. The van der Waals surface area contributed by atoms with E-state index in [2.05, 4.69) is 10.1 Å². The highest BCUT2D eigenvalue weighted by atomic mass is 35.5. The first-order chi connectivity index (χ1) is 9.15. The fourth-order valence-corrected chi connectivity index (χ4v) is 1.90. The van der Waals surface area contributed by atoms with E-state index in [-0.39, 0.29) is 25.4 Å². The van der Waals surface area contributed by atoms with Crippen LogP contribution in [-0.4, -0.2) is 27.2 Å². The summed E-state index contributed by atoms with van der Waals surface area (Å²) in [5.41, 5.74) is 0. The van der Waals surface area contributed by atoms with Gasteiger partial charge in [0.1, 0.15) is 24.9 Å². The molecule has 1 heterocycles. The maximum absolute atomic E-state index is 11.6. The van der Waals surface area contributed by atoms with Gasteiger partial charge < -0.3 is 4.74 Å². The van der Waals surface area contributed by atoms with Crippen LogP contribution in [0.5, 0.6) is 5.75 Å². The highest BCUT2D eigenvalue weighted by Crippen LogP contribution is 2.27. The van der Waals surface area contributed by atoms with Crippen molar-refractivity contribution in [3.63, 3.8) is 0 Å². The van der Waals surface area contributed by atoms with Crippen LogP contribution in [-0.2, 0) is 11.3 Å². The van der Waals surface area contributed by atoms with E-state index in [1.165, 1.54) is 17.3 Å². The van der Waals surface area contributed by atoms with Gasteiger partial charge in [-0.3, -0.25) is 4.79 Å². The van der Waals surface area contributed by atoms with Crippen LogP contribution < -0.4 is 4.74 Å². The van der Waals surface area contributed by atoms with Crippen molar-refractivity contribution < 1.29 is 9.53 Å². The Bertz CT molecular complexity index is 558. The van der Waals surface area contributed by atoms with E-state index in [4.69, 9.17) is 27.9 Å². The van der Waals surface area contributed by atoms with Gasteiger partial charge in [-0.25, -0.2) is 9.67 Å². The lowest BCUT2D eigenvalue weighted by atomic mass is 10.3. The van der Waals surface area contributed by atoms with E-state index < -0.39 is 0 Å². The molecule has 0 spiro atoms. The number of carbonyl (C=O) groups is 1. The molecule has 0 fully saturated rings. The zero-order valence-corrected chi connectivity index (χ0v) is 11.4. The zero-order chi connectivity index (χ0) is 13.7. The zero-order valence-electron chi connectivity index (χ0n) is 9.92. The number of aromatic nitrogens is 3. The maximum Gasteiger partial charge on any atom is 0.157 e. The Morgan fingerprint density at radius 1 is 1.37 bits per heavy atom. The minimum atomic E-state index is 0.00980. The van der Waals surface area contributed by atoms with Crippen LogP contribution in [0.4, 0.5) is 0 Å². The summed E-state index contributed by atoms with van der Waals surface area (Å²) in [5.74, 6) is 0.523. The molecule has 19 heavy (non-hydrogen) atoms. The highest BCUT2D eigenvalue weighted by molar-refractivity contribution is 6.35. The van der Waals surface area contributed by atoms with E-state index in [1.54, 1.807) is 18.2 Å². The average molecular weight is 300 g/mol. The second-order valence-corrected chi connectivity index (χ2v) is 4.65. The van der Waals surface area contributed by atoms with E-state index in [0.29, 0.717) is 15.8 Å². The van der Waals surface area contributed by atoms with Crippen molar-refractivity contribution in [3.8, 4) is 5.75 Å². The van der Waals surface area contributed by atoms with Gasteiger partial charge in [0, 0.05) is 11.4 Å². The number of hydrogen-bond acceptors (Lipinski definition) is 4. The summed E-state index contributed by atoms with van der Waals surface area (Å²) in [7, 11) is 0. The van der Waals surface area contributed by atoms with Crippen LogP contribution in [0.1, 0.15) is 6.42 Å². The van der Waals surface area contributed by atoms with Gasteiger partial charge in [-0.2, -0.15) is 5.10 Å². The summed E-state index contributed by atoms with van der Waals surface area (Å²) in [6.45, 7) is 0.451. The predicted molar refractivity (Wildman–Crippen MR) is 71.6 cm³/mol. The molecule has 0 saturated carbocycles. The summed E-state index contributed by atoms with van der Waals surface area (Å²) in [6.07, 6.45) is 3.16. The number of carbonyl (C=O) groups excluding carboxylic acids is 1. The molecule has 2 rings (SSSR count). The fraction of sp³-hybridized carbons (Fsp3) is 0.250. The lowest BCUT2D eigenvalue weighted by Crippen LogP contribution is -2.13. The number of halogens is 2. The molecule has 5 nitrogen and oxygen atoms in total. The first kappa shape index (κ1) is 13.8. The predicted octanol–water partition coefficient (Wildman–Crippen LogP) is 2.62. The van der Waals surface area contributed by atoms with E-state index in [9.17, 15) is 4.79 Å². The Labute approximate surface area is 120 Å². The Morgan fingerprint density at radius 2 is 2.21 bits per heavy atom. The third-order valence-corrected chi connectivity index (χ3v) is 2.87. The second kappa shape index (κ2) is 6.54. The molecule has 0 aliphatic rings. The number of nitrogens with zero attached hydrogens (tertiary/aromatic N) is 3. The van der Waals surface area contributed by atoms with Crippen molar-refractivity contribution in [1.82, 2.24) is 14.8 Å². The van der Waals surface area contributed by atoms with Crippen LogP contribution in [0.3, 0.4) is 0 Å². The third kappa shape index (κ3) is 4.22. The van der Waals surface area contributed by atoms with Crippen molar-refractivity contribution in [1.29, 1.82) is 0 Å². The number of benzene rings is 1. The van der Waals surface area contributed by atoms with Crippen LogP contribution in [0.25, 0.3) is 0 Å². The summed E-state index contributed by atoms with van der Waals surface area (Å²) >= 11 is 11.7. The first-order valence-corrected chi connectivity index (χ1v) is 6.32. The van der Waals surface area contributed by atoms with E-state index in [0.717, 1.165) is 0 Å². The largest absolute Gasteiger partial charge is 0.492 e. The topological polar surface area (TPSA) is 57.0 Å². The van der Waals surface area contributed by atoms with Crippen molar-refractivity contribution in [2.75, 3.05) is 6.61 Å². The molecule has 7 heteroatoms. The minimum Gasteiger partial charge on any atom is -0.492 e. The quantitative estimate of drug-likeness (QED) is 0.823. The number of rotatable bonds is 6. The molecule has 0 bridgehead atoms. The minimum absolute atomic E-state index is 0.00980. The van der Waals surface area contributed by atoms with Gasteiger partial charge in [0.15, 0.2) is 5.78 Å². The molecule has 100 valence electrons. The van der Waals surface area contributed by atoms with Crippen molar-refractivity contribution in [2.24, 2.45) is 0 Å². The molecule has 0 aliphatic carbocycles. The molecule has 0 aliphatic heterocycles. The third-order valence-electron chi connectivity index (χ3n) is 2.34. The van der Waals surface area contributed by atoms with Crippen LogP contribution in [0.15, 0.2) is 30.9 Å². The molecule has 0 N–H and O–H groups in total. The van der Waals surface area contributed by atoms with Crippen LogP contribution >= 0.6 is 23.2 Å². The number of Topliss-reactive ketones (excluding diaryl/α,β-unsaturated/α-hetero) is 1. The molecule has 0 atom stereocenters. The molecular weight excluding hydrogens is 289 g/mol. The van der Waals surface area contributed by atoms with Crippen molar-refractivity contribution in [2.45, 2.75) is 13.0 Å². The first-order valence-electron chi connectivity index (χ1n) is 5.57. The smallest absolute Gasteiger partial charge is 0.157 e. The molecule has 0 radical (unpaired) electrons. The summed E-state index contributed by atoms with van der Waals surface area (Å²) in [6, 6.07) is 4.95. The van der Waals surface area contributed by atoms with Crippen molar-refractivity contribution >= 4 is 29.0 Å². The average Bonchev–Trinajstić information content (AvgIpc) is 2.84. The summed E-state index contributed by atoms with van der Waals surface area (Å²) in [4.78, 5) is 15.4. The van der Waals surface area contributed by atoms with Crippen molar-refractivity contribution in [3.05, 3.63) is 40.9 Å². The van der Waals surface area contributed by atoms with Gasteiger partial charge in [-0.05, 0) is 18.2 Å². The van der Waals surface area contributed by atoms with Crippen LogP contribution in [0.2, 0.25) is 10.0 Å². The summed E-state index contributed by atoms with van der Waals surface area (Å²) < 4.78 is 6.89. The molecule has 0 saturated heterocycles. The highest BCUT2D eigenvalue weighted by Gasteiger charge is 2.06. The van der Waals surface area contributed by atoms with Gasteiger partial charge in [0.05, 0.1) is 11.6 Å². The molecule has 1 aromatic heterocycles. The Kier molecular flexibility index (Phi) is 4.76. The normalized spacial score (nSPS) is 10.4. The Hall–Kier alpha value is -1.59. The Balaban J connectivity index is 1.78. The monoisotopic (exact) mass is 299 g/mol. The standard InChI is InChI=1S/C12H11Cl2N3O2/c13-9-1-2-12(11(14)5-9)19-4-3-10(18)6-17-8-15-7-16-17/h1-2,5,7-8H,3-4,6H2. The maximum atomic E-state index is 11.6. The number of ether oxygens (including phenoxy) is 1. The Morgan fingerprint density at radius 3 is 2.89 bits per heavy atom. The van der Waals surface area contributed by atoms with Gasteiger partial charge >= 0.3 is 0 Å². The van der Waals surface area contributed by atoms with Crippen LogP contribution in [0, 0.1) is 0 Å². The lowest BCUT2D eigenvalue weighted by Gasteiger charge is -2.07. The summed E-state index contributed by atoms with van der Waals surface area (Å²) in [5, 5.41) is 4.82. The molecule has 0 amide bonds. The molecule has 1 aromatic carbocycles. The second-order valence-electron chi connectivity index (χ2n) is 3.80. The molecule has 0 unspecified atom stereocenters. The van der Waals surface area contributed by atoms with Gasteiger partial charge in [0.2, 0.25) is 0 Å². The van der Waals surface area contributed by atoms with Gasteiger partial charge in [-0.15, -0.1) is 0 Å². The number of hydrogen-bond donors (Lipinski definition) is 0. The van der Waals surface area contributed by atoms with Gasteiger partial charge in [0.25, 0.3) is 0 Å². The van der Waals surface area contributed by atoms with E-state index >= 15 is 0 Å². The SMILES string of the molecule is O=C(CCOc1ccc(Cl)cc1Cl)Cn1cncn1. The molecular formula is C12H11Cl2N3O2. The van der Waals surface area contributed by atoms with Gasteiger partial charge in [-0.1, -0.05) is 23.2 Å². The lowest BCUT2D eigenvalue weighted by molar-refractivity contribution is -0.120.